The first-order valence-electron chi connectivity index (χ1n) is 7.77. The van der Waals surface area contributed by atoms with Crippen LogP contribution in [-0.2, 0) is 4.79 Å². The van der Waals surface area contributed by atoms with Crippen LogP contribution in [0.2, 0.25) is 0 Å². The number of ketones is 1. The quantitative estimate of drug-likeness (QED) is 0.377. The van der Waals surface area contributed by atoms with Crippen molar-refractivity contribution in [3.05, 3.63) is 59.8 Å². The van der Waals surface area contributed by atoms with Gasteiger partial charge in [0.15, 0.2) is 5.78 Å². The third kappa shape index (κ3) is 11.9. The maximum absolute atomic E-state index is 11.1. The normalized spacial score (nSPS) is 15.5. The van der Waals surface area contributed by atoms with Crippen LogP contribution in [0, 0.1) is 5.92 Å². The summed E-state index contributed by atoms with van der Waals surface area (Å²) in [6.07, 6.45) is 19.9. The number of rotatable bonds is 9. The van der Waals surface area contributed by atoms with Crippen LogP contribution < -0.4 is 0 Å². The van der Waals surface area contributed by atoms with E-state index >= 15 is 0 Å². The lowest BCUT2D eigenvalue weighted by Crippen LogP contribution is -1.94. The van der Waals surface area contributed by atoms with Gasteiger partial charge in [0, 0.05) is 0 Å². The summed E-state index contributed by atoms with van der Waals surface area (Å²) in [5.74, 6) is 0.818. The Kier molecular flexibility index (Phi) is 11.2. The van der Waals surface area contributed by atoms with Gasteiger partial charge in [0.1, 0.15) is 0 Å². The fourth-order valence-corrected chi connectivity index (χ4v) is 1.77. The first-order chi connectivity index (χ1) is 9.97. The third-order valence-corrected chi connectivity index (χ3v) is 3.36. The molecule has 0 aliphatic carbocycles. The second kappa shape index (κ2) is 12.1. The number of carbonyl (C=O) groups excluding carboxylic acids is 1. The monoisotopic (exact) mass is 286 g/mol. The van der Waals surface area contributed by atoms with Crippen molar-refractivity contribution in [3.8, 4) is 0 Å². The van der Waals surface area contributed by atoms with Gasteiger partial charge in [0.05, 0.1) is 0 Å². The number of Topliss-reactive ketones (excluding diaryl/α,β-unsaturated/α-hetero) is 1. The summed E-state index contributed by atoms with van der Waals surface area (Å²) in [5, 5.41) is 0. The van der Waals surface area contributed by atoms with E-state index in [1.165, 1.54) is 5.57 Å². The van der Waals surface area contributed by atoms with E-state index in [4.69, 9.17) is 0 Å². The van der Waals surface area contributed by atoms with E-state index in [0.29, 0.717) is 5.92 Å². The van der Waals surface area contributed by atoms with Gasteiger partial charge in [0.25, 0.3) is 0 Å². The molecule has 0 radical (unpaired) electrons. The van der Waals surface area contributed by atoms with Gasteiger partial charge in [-0.25, -0.2) is 0 Å². The Morgan fingerprint density at radius 3 is 2.43 bits per heavy atom. The number of carbonyl (C=O) groups is 1. The molecule has 21 heavy (non-hydrogen) atoms. The average molecular weight is 286 g/mol. The van der Waals surface area contributed by atoms with Crippen LogP contribution in [0.25, 0.3) is 0 Å². The Balaban J connectivity index is 4.07. The minimum atomic E-state index is 0.175. The van der Waals surface area contributed by atoms with Crippen molar-refractivity contribution in [2.45, 2.75) is 53.9 Å². The molecule has 0 heterocycles. The molecule has 0 spiro atoms. The van der Waals surface area contributed by atoms with Crippen LogP contribution in [0.15, 0.2) is 59.8 Å². The minimum Gasteiger partial charge on any atom is -0.295 e. The Labute approximate surface area is 130 Å². The van der Waals surface area contributed by atoms with E-state index in [2.05, 4.69) is 44.2 Å². The van der Waals surface area contributed by atoms with Gasteiger partial charge in [0.2, 0.25) is 0 Å². The van der Waals surface area contributed by atoms with E-state index in [0.717, 1.165) is 24.8 Å². The van der Waals surface area contributed by atoms with Crippen molar-refractivity contribution in [2.24, 2.45) is 5.92 Å². The standard InChI is InChI=1S/C20H30O/c1-6-7-8-9-12-17(2)13-10-14-18(3)15-11-16-19(4)20(5)21/h6-10,12-13,16,18H,11,14-15H2,1-5H3/b7-6+,9-8+,13-10+,17-12+,19-16+/t18-/m1/s1. The first-order valence-corrected chi connectivity index (χ1v) is 7.77. The van der Waals surface area contributed by atoms with Crippen LogP contribution in [-0.4, -0.2) is 5.78 Å². The summed E-state index contributed by atoms with van der Waals surface area (Å²) in [7, 11) is 0. The molecule has 0 aliphatic heterocycles. The van der Waals surface area contributed by atoms with Crippen molar-refractivity contribution in [3.63, 3.8) is 0 Å². The fourth-order valence-electron chi connectivity index (χ4n) is 1.77. The molecule has 0 aromatic rings. The van der Waals surface area contributed by atoms with Crippen molar-refractivity contribution < 1.29 is 4.79 Å². The van der Waals surface area contributed by atoms with Crippen molar-refractivity contribution >= 4 is 5.78 Å². The molecule has 116 valence electrons. The van der Waals surface area contributed by atoms with Crippen LogP contribution in [0.4, 0.5) is 0 Å². The van der Waals surface area contributed by atoms with Gasteiger partial charge in [-0.1, -0.05) is 61.1 Å². The lowest BCUT2D eigenvalue weighted by Gasteiger charge is -2.06. The fraction of sp³-hybridized carbons (Fsp3) is 0.450. The SMILES string of the molecule is C/C=C/C=C/C=C(C)/C=C/C[C@@H](C)CC/C=C(\C)C(C)=O. The zero-order valence-electron chi connectivity index (χ0n) is 14.2. The molecule has 0 unspecified atom stereocenters. The van der Waals surface area contributed by atoms with Gasteiger partial charge >= 0.3 is 0 Å². The Bertz CT molecular complexity index is 444. The Morgan fingerprint density at radius 2 is 1.81 bits per heavy atom. The maximum Gasteiger partial charge on any atom is 0.155 e. The summed E-state index contributed by atoms with van der Waals surface area (Å²) in [6.45, 7) is 9.89. The van der Waals surface area contributed by atoms with Crippen LogP contribution in [0.3, 0.4) is 0 Å². The van der Waals surface area contributed by atoms with E-state index in [1.54, 1.807) is 6.92 Å². The maximum atomic E-state index is 11.1. The Morgan fingerprint density at radius 1 is 1.10 bits per heavy atom. The molecular weight excluding hydrogens is 256 g/mol. The molecule has 0 amide bonds. The smallest absolute Gasteiger partial charge is 0.155 e. The molecule has 0 fully saturated rings. The third-order valence-electron chi connectivity index (χ3n) is 3.36. The number of hydrogen-bond acceptors (Lipinski definition) is 1. The summed E-state index contributed by atoms with van der Waals surface area (Å²) < 4.78 is 0. The highest BCUT2D eigenvalue weighted by Crippen LogP contribution is 2.13. The minimum absolute atomic E-state index is 0.175. The summed E-state index contributed by atoms with van der Waals surface area (Å²) in [5.41, 5.74) is 2.14. The average Bonchev–Trinajstić information content (AvgIpc) is 2.43. The molecule has 0 aromatic heterocycles. The number of hydrogen-bond donors (Lipinski definition) is 0. The van der Waals surface area contributed by atoms with E-state index in [-0.39, 0.29) is 5.78 Å². The first kappa shape index (κ1) is 19.4. The zero-order chi connectivity index (χ0) is 16.1. The predicted octanol–water partition coefficient (Wildman–Crippen LogP) is 5.96. The van der Waals surface area contributed by atoms with Gasteiger partial charge in [-0.15, -0.1) is 0 Å². The lowest BCUT2D eigenvalue weighted by atomic mass is 10.00. The topological polar surface area (TPSA) is 17.1 Å². The van der Waals surface area contributed by atoms with Crippen LogP contribution in [0.5, 0.6) is 0 Å². The molecule has 0 saturated heterocycles. The molecule has 0 rings (SSSR count). The molecular formula is C20H30O. The molecule has 0 aliphatic rings. The van der Waals surface area contributed by atoms with Crippen molar-refractivity contribution in [1.82, 2.24) is 0 Å². The molecule has 0 N–H and O–H groups in total. The second-order valence-electron chi connectivity index (χ2n) is 5.59. The van der Waals surface area contributed by atoms with Crippen LogP contribution >= 0.6 is 0 Å². The van der Waals surface area contributed by atoms with Crippen LogP contribution in [0.1, 0.15) is 53.9 Å². The van der Waals surface area contributed by atoms with Crippen molar-refractivity contribution in [1.29, 1.82) is 0 Å². The molecule has 0 aromatic carbocycles. The molecule has 0 bridgehead atoms. The Hall–Kier alpha value is -1.63. The molecule has 0 saturated carbocycles. The lowest BCUT2D eigenvalue weighted by molar-refractivity contribution is -0.113. The van der Waals surface area contributed by atoms with E-state index in [1.807, 2.05) is 32.1 Å². The number of allylic oxidation sites excluding steroid dienone is 10. The molecule has 1 heteroatoms. The zero-order valence-corrected chi connectivity index (χ0v) is 14.2. The van der Waals surface area contributed by atoms with Gasteiger partial charge in [-0.2, -0.15) is 0 Å². The van der Waals surface area contributed by atoms with Gasteiger partial charge < -0.3 is 0 Å². The highest BCUT2D eigenvalue weighted by molar-refractivity contribution is 5.92. The van der Waals surface area contributed by atoms with Gasteiger partial charge in [-0.05, 0) is 58.4 Å². The summed E-state index contributed by atoms with van der Waals surface area (Å²) in [6, 6.07) is 0. The van der Waals surface area contributed by atoms with Gasteiger partial charge in [-0.3, -0.25) is 4.79 Å². The highest BCUT2D eigenvalue weighted by atomic mass is 16.1. The highest BCUT2D eigenvalue weighted by Gasteiger charge is 2.00. The predicted molar refractivity (Wildman–Crippen MR) is 94.3 cm³/mol. The van der Waals surface area contributed by atoms with Crippen molar-refractivity contribution in [2.75, 3.05) is 0 Å². The molecule has 1 nitrogen and oxygen atoms in total. The van der Waals surface area contributed by atoms with E-state index in [9.17, 15) is 4.79 Å². The largest absolute Gasteiger partial charge is 0.295 e. The summed E-state index contributed by atoms with van der Waals surface area (Å²) in [4.78, 5) is 11.1. The van der Waals surface area contributed by atoms with E-state index < -0.39 is 0 Å². The summed E-state index contributed by atoms with van der Waals surface area (Å²) >= 11 is 0. The second-order valence-corrected chi connectivity index (χ2v) is 5.59. The molecule has 1 atom stereocenters.